The van der Waals surface area contributed by atoms with E-state index in [0.29, 0.717) is 21.3 Å². The molecule has 3 rings (SSSR count). The number of fused-ring (bicyclic) bond motifs is 1. The number of anilines is 1. The number of halogens is 3. The Labute approximate surface area is 157 Å². The molecule has 2 aromatic rings. The van der Waals surface area contributed by atoms with Gasteiger partial charge in [0.2, 0.25) is 5.91 Å². The first-order chi connectivity index (χ1) is 12.3. The summed E-state index contributed by atoms with van der Waals surface area (Å²) < 4.78 is 32.2. The third-order valence-corrected chi connectivity index (χ3v) is 4.53. The molecule has 0 atom stereocenters. The molecule has 0 unspecified atom stereocenters. The Morgan fingerprint density at radius 3 is 2.54 bits per heavy atom. The van der Waals surface area contributed by atoms with Gasteiger partial charge in [-0.05, 0) is 24.3 Å². The van der Waals surface area contributed by atoms with Gasteiger partial charge in [-0.3, -0.25) is 9.59 Å². The average molecular weight is 422 g/mol. The maximum absolute atomic E-state index is 13.0. The van der Waals surface area contributed by atoms with Crippen molar-refractivity contribution in [3.8, 4) is 0 Å². The zero-order valence-corrected chi connectivity index (χ0v) is 15.5. The first-order valence-electron chi connectivity index (χ1n) is 7.66. The molecule has 0 fully saturated rings. The average Bonchev–Trinajstić information content (AvgIpc) is 2.88. The number of imide groups is 1. The van der Waals surface area contributed by atoms with Gasteiger partial charge in [-0.15, -0.1) is 0 Å². The number of methoxy groups -OCH3 is 1. The van der Waals surface area contributed by atoms with Crippen LogP contribution in [-0.4, -0.2) is 18.9 Å². The molecule has 1 aliphatic rings. The molecule has 2 aromatic carbocycles. The van der Waals surface area contributed by atoms with E-state index >= 15 is 0 Å². The topological polar surface area (TPSA) is 46.6 Å². The predicted octanol–water partition coefficient (Wildman–Crippen LogP) is 4.79. The summed E-state index contributed by atoms with van der Waals surface area (Å²) in [5.41, 5.74) is 1.25. The largest absolute Gasteiger partial charge is 0.495 e. The van der Waals surface area contributed by atoms with Gasteiger partial charge in [0.25, 0.3) is 12.3 Å². The molecule has 4 nitrogen and oxygen atoms in total. The zero-order valence-electron chi connectivity index (χ0n) is 13.9. The van der Waals surface area contributed by atoms with E-state index in [4.69, 9.17) is 4.74 Å². The van der Waals surface area contributed by atoms with Crippen molar-refractivity contribution in [3.63, 3.8) is 0 Å². The first-order valence-corrected chi connectivity index (χ1v) is 8.46. The van der Waals surface area contributed by atoms with Crippen LogP contribution in [0.1, 0.15) is 30.0 Å². The molecule has 134 valence electrons. The Hall–Kier alpha value is -2.54. The molecule has 0 spiro atoms. The van der Waals surface area contributed by atoms with Crippen molar-refractivity contribution in [1.29, 1.82) is 0 Å². The van der Waals surface area contributed by atoms with Gasteiger partial charge in [-0.25, -0.2) is 13.7 Å². The molecule has 0 saturated carbocycles. The van der Waals surface area contributed by atoms with Gasteiger partial charge in [-0.1, -0.05) is 34.1 Å². The fourth-order valence-corrected chi connectivity index (χ4v) is 3.31. The molecule has 1 heterocycles. The molecule has 0 aromatic heterocycles. The Morgan fingerprint density at radius 1 is 1.19 bits per heavy atom. The Morgan fingerprint density at radius 2 is 1.92 bits per heavy atom. The third-order valence-electron chi connectivity index (χ3n) is 4.03. The van der Waals surface area contributed by atoms with Crippen molar-refractivity contribution in [2.45, 2.75) is 13.3 Å². The Balaban J connectivity index is 2.28. The third kappa shape index (κ3) is 3.03. The summed E-state index contributed by atoms with van der Waals surface area (Å²) in [7, 11) is 1.36. The van der Waals surface area contributed by atoms with Crippen molar-refractivity contribution in [2.24, 2.45) is 0 Å². The lowest BCUT2D eigenvalue weighted by Gasteiger charge is -2.13. The van der Waals surface area contributed by atoms with E-state index in [9.17, 15) is 18.4 Å². The number of carbonyl (C=O) groups is 2. The summed E-state index contributed by atoms with van der Waals surface area (Å²) in [4.78, 5) is 25.9. The second kappa shape index (κ2) is 6.99. The van der Waals surface area contributed by atoms with Gasteiger partial charge in [-0.2, -0.15) is 0 Å². The van der Waals surface area contributed by atoms with Gasteiger partial charge in [0, 0.05) is 28.1 Å². The first kappa shape index (κ1) is 18.3. The van der Waals surface area contributed by atoms with Crippen molar-refractivity contribution < 1.29 is 23.1 Å². The normalized spacial score (nSPS) is 15.3. The van der Waals surface area contributed by atoms with Crippen molar-refractivity contribution in [1.82, 2.24) is 0 Å². The molecule has 0 N–H and O–H groups in total. The van der Waals surface area contributed by atoms with Crippen LogP contribution in [0.25, 0.3) is 11.3 Å². The van der Waals surface area contributed by atoms with Gasteiger partial charge >= 0.3 is 0 Å². The number of alkyl halides is 2. The highest BCUT2D eigenvalue weighted by molar-refractivity contribution is 9.10. The van der Waals surface area contributed by atoms with Crippen molar-refractivity contribution in [3.05, 3.63) is 63.6 Å². The molecule has 0 radical (unpaired) electrons. The number of amides is 2. The predicted molar refractivity (Wildman–Crippen MR) is 97.5 cm³/mol. The maximum Gasteiger partial charge on any atom is 0.269 e. The van der Waals surface area contributed by atoms with Crippen molar-refractivity contribution in [2.75, 3.05) is 12.0 Å². The van der Waals surface area contributed by atoms with Gasteiger partial charge in [0.1, 0.15) is 5.76 Å². The Bertz CT molecular complexity index is 940. The fourth-order valence-electron chi connectivity index (χ4n) is 2.95. The lowest BCUT2D eigenvalue weighted by molar-refractivity contribution is -0.122. The molecule has 7 heteroatoms. The second-order valence-electron chi connectivity index (χ2n) is 5.66. The molecule has 1 aliphatic heterocycles. The van der Waals surface area contributed by atoms with Crippen LogP contribution >= 0.6 is 15.9 Å². The highest BCUT2D eigenvalue weighted by Gasteiger charge is 2.38. The minimum absolute atomic E-state index is 0.139. The van der Waals surface area contributed by atoms with E-state index in [1.807, 2.05) is 0 Å². The minimum Gasteiger partial charge on any atom is -0.495 e. The van der Waals surface area contributed by atoms with Crippen LogP contribution in [0.3, 0.4) is 0 Å². The molecule has 26 heavy (non-hydrogen) atoms. The lowest BCUT2D eigenvalue weighted by Crippen LogP contribution is -2.31. The number of ether oxygens (including phenoxy) is 1. The van der Waals surface area contributed by atoms with Gasteiger partial charge < -0.3 is 4.74 Å². The highest BCUT2D eigenvalue weighted by atomic mass is 79.9. The molecule has 0 saturated heterocycles. The number of nitrogens with zero attached hydrogens (tertiary/aromatic N) is 1. The monoisotopic (exact) mass is 421 g/mol. The maximum atomic E-state index is 13.0. The fraction of sp³-hybridized carbons (Fsp3) is 0.158. The Kier molecular flexibility index (Phi) is 4.91. The zero-order chi connectivity index (χ0) is 19.0. The number of benzene rings is 2. The van der Waals surface area contributed by atoms with E-state index in [1.54, 1.807) is 24.3 Å². The second-order valence-corrected chi connectivity index (χ2v) is 6.57. The van der Waals surface area contributed by atoms with Crippen LogP contribution in [0.5, 0.6) is 0 Å². The van der Waals surface area contributed by atoms with Crippen LogP contribution in [-0.2, 0) is 14.3 Å². The van der Waals surface area contributed by atoms with Crippen LogP contribution in [0.2, 0.25) is 0 Å². The number of hydrogen-bond donors (Lipinski definition) is 0. The van der Waals surface area contributed by atoms with E-state index in [0.717, 1.165) is 4.90 Å². The lowest BCUT2D eigenvalue weighted by atomic mass is 10.0. The van der Waals surface area contributed by atoms with E-state index in [-0.39, 0.29) is 16.9 Å². The standard InChI is InChI=1S/C19H14BrF2NO3/c1-10(24)23-15-7-6-13(20)9-14(15)16(19(23)25)17(26-2)11-4-3-5-12(8-11)18(21)22/h3-9,18H,1-2H3/b17-16-. The van der Waals surface area contributed by atoms with Crippen LogP contribution in [0, 0.1) is 0 Å². The van der Waals surface area contributed by atoms with Gasteiger partial charge in [0.15, 0.2) is 0 Å². The summed E-state index contributed by atoms with van der Waals surface area (Å²) in [6.45, 7) is 1.29. The molecule has 2 amide bonds. The summed E-state index contributed by atoms with van der Waals surface area (Å²) >= 11 is 3.35. The molecule has 0 bridgehead atoms. The molecular formula is C19H14BrF2NO3. The quantitative estimate of drug-likeness (QED) is 0.528. The van der Waals surface area contributed by atoms with E-state index in [2.05, 4.69) is 15.9 Å². The van der Waals surface area contributed by atoms with E-state index < -0.39 is 18.2 Å². The smallest absolute Gasteiger partial charge is 0.269 e. The molecular weight excluding hydrogens is 408 g/mol. The van der Waals surface area contributed by atoms with Crippen LogP contribution in [0.4, 0.5) is 14.5 Å². The summed E-state index contributed by atoms with van der Waals surface area (Å²) in [5, 5.41) is 0. The molecule has 0 aliphatic carbocycles. The van der Waals surface area contributed by atoms with Crippen LogP contribution < -0.4 is 4.90 Å². The van der Waals surface area contributed by atoms with Crippen molar-refractivity contribution >= 4 is 44.8 Å². The SMILES string of the molecule is CO/C(=C1\C(=O)N(C(C)=O)c2ccc(Br)cc21)c1cccc(C(F)F)c1. The summed E-state index contributed by atoms with van der Waals surface area (Å²) in [6, 6.07) is 10.7. The summed E-state index contributed by atoms with van der Waals surface area (Å²) in [5.74, 6) is -0.851. The van der Waals surface area contributed by atoms with Crippen LogP contribution in [0.15, 0.2) is 46.9 Å². The van der Waals surface area contributed by atoms with Gasteiger partial charge in [0.05, 0.1) is 18.4 Å². The number of carbonyl (C=O) groups excluding carboxylic acids is 2. The number of rotatable bonds is 3. The highest BCUT2D eigenvalue weighted by Crippen LogP contribution is 2.42. The number of hydrogen-bond acceptors (Lipinski definition) is 3. The summed E-state index contributed by atoms with van der Waals surface area (Å²) in [6.07, 6.45) is -2.65. The van der Waals surface area contributed by atoms with E-state index in [1.165, 1.54) is 32.2 Å². The minimum atomic E-state index is -2.65.